The first-order valence-corrected chi connectivity index (χ1v) is 12.7. The van der Waals surface area contributed by atoms with Gasteiger partial charge in [-0.15, -0.1) is 16.4 Å². The molecule has 3 heterocycles. The number of carbonyl (C=O) groups is 3. The van der Waals surface area contributed by atoms with Crippen molar-refractivity contribution in [3.63, 3.8) is 0 Å². The van der Waals surface area contributed by atoms with Crippen LogP contribution in [0.1, 0.15) is 32.5 Å². The lowest BCUT2D eigenvalue weighted by atomic mass is 10.1. The van der Waals surface area contributed by atoms with E-state index in [1.54, 1.807) is 62.6 Å². The van der Waals surface area contributed by atoms with Gasteiger partial charge < -0.3 is 15.4 Å². The van der Waals surface area contributed by atoms with Crippen LogP contribution in [0.25, 0.3) is 11.4 Å². The third kappa shape index (κ3) is 5.96. The zero-order valence-electron chi connectivity index (χ0n) is 19.4. The summed E-state index contributed by atoms with van der Waals surface area (Å²) >= 11 is 2.14. The average molecular weight is 523 g/mol. The van der Waals surface area contributed by atoms with Crippen LogP contribution < -0.4 is 10.6 Å². The Hall–Kier alpha value is -4.03. The van der Waals surface area contributed by atoms with Gasteiger partial charge in [-0.1, -0.05) is 30.0 Å². The summed E-state index contributed by atoms with van der Waals surface area (Å²) in [4.78, 5) is 46.9. The molecule has 36 heavy (non-hydrogen) atoms. The summed E-state index contributed by atoms with van der Waals surface area (Å²) in [7, 11) is 0. The molecule has 0 bridgehead atoms. The van der Waals surface area contributed by atoms with Gasteiger partial charge in [0.25, 0.3) is 5.91 Å². The first kappa shape index (κ1) is 25.1. The Balaban J connectivity index is 1.49. The molecule has 12 heteroatoms. The quantitative estimate of drug-likeness (QED) is 0.217. The Labute approximate surface area is 214 Å². The molecule has 0 radical (unpaired) electrons. The van der Waals surface area contributed by atoms with E-state index in [1.165, 1.54) is 0 Å². The van der Waals surface area contributed by atoms with E-state index in [-0.39, 0.29) is 33.7 Å². The summed E-state index contributed by atoms with van der Waals surface area (Å²) in [5, 5.41) is 13.2. The molecule has 3 N–H and O–H groups in total. The molecular weight excluding hydrogens is 500 g/mol. The van der Waals surface area contributed by atoms with Gasteiger partial charge in [0, 0.05) is 23.6 Å². The van der Waals surface area contributed by atoms with E-state index in [1.807, 2.05) is 6.07 Å². The summed E-state index contributed by atoms with van der Waals surface area (Å²) in [5.41, 5.74) is 2.06. The van der Waals surface area contributed by atoms with E-state index < -0.39 is 11.9 Å². The van der Waals surface area contributed by atoms with Crippen molar-refractivity contribution in [2.45, 2.75) is 19.0 Å². The lowest BCUT2D eigenvalue weighted by molar-refractivity contribution is -0.113. The molecule has 3 aromatic heterocycles. The van der Waals surface area contributed by atoms with Crippen molar-refractivity contribution < 1.29 is 19.1 Å². The van der Waals surface area contributed by atoms with Crippen molar-refractivity contribution in [1.29, 1.82) is 0 Å². The molecule has 0 atom stereocenters. The highest BCUT2D eigenvalue weighted by Crippen LogP contribution is 2.34. The minimum atomic E-state index is -0.548. The van der Waals surface area contributed by atoms with Gasteiger partial charge in [-0.05, 0) is 43.7 Å². The zero-order valence-corrected chi connectivity index (χ0v) is 21.0. The standard InChI is InChI=1S/C24H22N6O4S2/c1-3-34-23(33)19-14(2)18(21(32)26-16-7-5-4-6-8-16)22(36-19)27-17(31)13-35-24-28-20(29-30-24)15-9-11-25-12-10-15/h4-12H,3,13H2,1-2H3,(H,26,32)(H,27,31)(H,28,29,30). The maximum atomic E-state index is 13.1. The van der Waals surface area contributed by atoms with Crippen molar-refractivity contribution in [2.24, 2.45) is 0 Å². The van der Waals surface area contributed by atoms with Crippen molar-refractivity contribution in [3.05, 3.63) is 70.9 Å². The Morgan fingerprint density at radius 2 is 1.83 bits per heavy atom. The number of rotatable bonds is 9. The van der Waals surface area contributed by atoms with Crippen molar-refractivity contribution in [1.82, 2.24) is 20.2 Å². The molecule has 4 rings (SSSR count). The van der Waals surface area contributed by atoms with Gasteiger partial charge in [0.1, 0.15) is 9.88 Å². The number of para-hydroxylation sites is 1. The molecule has 0 saturated carbocycles. The summed E-state index contributed by atoms with van der Waals surface area (Å²) < 4.78 is 5.12. The van der Waals surface area contributed by atoms with E-state index in [9.17, 15) is 14.4 Å². The molecule has 0 saturated heterocycles. The minimum Gasteiger partial charge on any atom is -0.462 e. The van der Waals surface area contributed by atoms with Gasteiger partial charge in [-0.25, -0.2) is 9.78 Å². The fourth-order valence-electron chi connectivity index (χ4n) is 3.22. The number of thiophene rings is 1. The predicted octanol–water partition coefficient (Wildman–Crippen LogP) is 4.40. The van der Waals surface area contributed by atoms with E-state index in [0.717, 1.165) is 28.7 Å². The first-order valence-electron chi connectivity index (χ1n) is 10.9. The Morgan fingerprint density at radius 1 is 1.08 bits per heavy atom. The Bertz CT molecular complexity index is 1370. The van der Waals surface area contributed by atoms with E-state index in [0.29, 0.717) is 22.2 Å². The highest BCUT2D eigenvalue weighted by atomic mass is 32.2. The highest BCUT2D eigenvalue weighted by molar-refractivity contribution is 7.99. The summed E-state index contributed by atoms with van der Waals surface area (Å²) in [6.45, 7) is 3.55. The number of nitrogens with one attached hydrogen (secondary N) is 3. The van der Waals surface area contributed by atoms with Crippen LogP contribution in [0.3, 0.4) is 0 Å². The molecule has 10 nitrogen and oxygen atoms in total. The highest BCUT2D eigenvalue weighted by Gasteiger charge is 2.26. The number of nitrogens with zero attached hydrogens (tertiary/aromatic N) is 3. The molecular formula is C24H22N6O4S2. The molecule has 4 aromatic rings. The van der Waals surface area contributed by atoms with Gasteiger partial charge in [-0.3, -0.25) is 19.7 Å². The van der Waals surface area contributed by atoms with Crippen LogP contribution in [0.2, 0.25) is 0 Å². The molecule has 184 valence electrons. The predicted molar refractivity (Wildman–Crippen MR) is 138 cm³/mol. The van der Waals surface area contributed by atoms with Gasteiger partial charge in [0.05, 0.1) is 17.9 Å². The molecule has 1 aromatic carbocycles. The van der Waals surface area contributed by atoms with Gasteiger partial charge in [-0.2, -0.15) is 0 Å². The van der Waals surface area contributed by atoms with E-state index in [2.05, 4.69) is 30.8 Å². The third-order valence-corrected chi connectivity index (χ3v) is 6.90. The number of hydrogen-bond acceptors (Lipinski definition) is 9. The lowest BCUT2D eigenvalue weighted by Gasteiger charge is -2.08. The van der Waals surface area contributed by atoms with Gasteiger partial charge in [0.2, 0.25) is 11.1 Å². The van der Waals surface area contributed by atoms with Crippen LogP contribution in [0.5, 0.6) is 0 Å². The minimum absolute atomic E-state index is 0.000922. The second-order valence-corrected chi connectivity index (χ2v) is 9.30. The van der Waals surface area contributed by atoms with Crippen LogP contribution in [0.4, 0.5) is 10.7 Å². The average Bonchev–Trinajstić information content (AvgIpc) is 3.48. The van der Waals surface area contributed by atoms with Gasteiger partial charge in [0.15, 0.2) is 5.82 Å². The number of pyridine rings is 1. The van der Waals surface area contributed by atoms with Crippen LogP contribution >= 0.6 is 23.1 Å². The second-order valence-electron chi connectivity index (χ2n) is 7.34. The number of thioether (sulfide) groups is 1. The first-order chi connectivity index (χ1) is 17.5. The Morgan fingerprint density at radius 3 is 2.56 bits per heavy atom. The van der Waals surface area contributed by atoms with Crippen LogP contribution in [0.15, 0.2) is 60.0 Å². The van der Waals surface area contributed by atoms with Crippen LogP contribution in [0, 0.1) is 6.92 Å². The number of anilines is 2. The number of aromatic nitrogens is 4. The number of benzene rings is 1. The Kier molecular flexibility index (Phi) is 8.08. The fourth-order valence-corrected chi connectivity index (χ4v) is 4.94. The van der Waals surface area contributed by atoms with Crippen LogP contribution in [-0.4, -0.2) is 50.3 Å². The molecule has 0 spiro atoms. The fraction of sp³-hybridized carbons (Fsp3) is 0.167. The summed E-state index contributed by atoms with van der Waals surface area (Å²) in [6.07, 6.45) is 3.30. The molecule has 0 unspecified atom stereocenters. The monoisotopic (exact) mass is 522 g/mol. The number of esters is 1. The largest absolute Gasteiger partial charge is 0.462 e. The van der Waals surface area contributed by atoms with E-state index >= 15 is 0 Å². The smallest absolute Gasteiger partial charge is 0.348 e. The second kappa shape index (κ2) is 11.6. The van der Waals surface area contributed by atoms with Gasteiger partial charge >= 0.3 is 5.97 Å². The van der Waals surface area contributed by atoms with Crippen molar-refractivity contribution >= 4 is 51.6 Å². The van der Waals surface area contributed by atoms with Crippen LogP contribution in [-0.2, 0) is 9.53 Å². The maximum absolute atomic E-state index is 13.1. The number of carbonyl (C=O) groups excluding carboxylic acids is 3. The molecule has 0 aliphatic carbocycles. The van der Waals surface area contributed by atoms with E-state index in [4.69, 9.17) is 4.74 Å². The summed E-state index contributed by atoms with van der Waals surface area (Å²) in [5.74, 6) is -0.801. The van der Waals surface area contributed by atoms with Crippen molar-refractivity contribution in [3.8, 4) is 11.4 Å². The lowest BCUT2D eigenvalue weighted by Crippen LogP contribution is -2.18. The molecule has 0 aliphatic heterocycles. The normalized spacial score (nSPS) is 10.6. The number of hydrogen-bond donors (Lipinski definition) is 3. The molecule has 2 amide bonds. The van der Waals surface area contributed by atoms with Crippen molar-refractivity contribution in [2.75, 3.05) is 23.0 Å². The molecule has 0 fully saturated rings. The third-order valence-electron chi connectivity index (χ3n) is 4.87. The number of aromatic amines is 1. The maximum Gasteiger partial charge on any atom is 0.348 e. The number of amides is 2. The summed E-state index contributed by atoms with van der Waals surface area (Å²) in [6, 6.07) is 12.5. The zero-order chi connectivity index (χ0) is 25.5. The number of ether oxygens (including phenoxy) is 1. The molecule has 0 aliphatic rings. The SMILES string of the molecule is CCOC(=O)c1sc(NC(=O)CSc2n[nH]c(-c3ccncc3)n2)c(C(=O)Nc2ccccc2)c1C. The number of H-pyrrole nitrogens is 1. The topological polar surface area (TPSA) is 139 Å².